The van der Waals surface area contributed by atoms with E-state index in [1.54, 1.807) is 36.4 Å². The van der Waals surface area contributed by atoms with E-state index < -0.39 is 5.97 Å². The van der Waals surface area contributed by atoms with Gasteiger partial charge in [-0.2, -0.15) is 5.26 Å². The van der Waals surface area contributed by atoms with Crippen LogP contribution in [0.3, 0.4) is 0 Å². The highest BCUT2D eigenvalue weighted by atomic mass is 16.5. The van der Waals surface area contributed by atoms with Crippen molar-refractivity contribution in [3.05, 3.63) is 70.8 Å². The normalized spacial score (nSPS) is 9.91. The van der Waals surface area contributed by atoms with Gasteiger partial charge in [-0.15, -0.1) is 0 Å². The minimum absolute atomic E-state index is 0.166. The molecule has 0 aliphatic rings. The lowest BCUT2D eigenvalue weighted by atomic mass is 9.98. The van der Waals surface area contributed by atoms with Gasteiger partial charge in [0, 0.05) is 17.5 Å². The first-order chi connectivity index (χ1) is 11.1. The molecule has 0 bridgehead atoms. The van der Waals surface area contributed by atoms with Crippen molar-refractivity contribution in [1.29, 1.82) is 5.26 Å². The number of ketones is 1. The number of aryl methyl sites for hydroxylation is 1. The van der Waals surface area contributed by atoms with Gasteiger partial charge in [-0.25, -0.2) is 4.79 Å². The fourth-order valence-corrected chi connectivity index (χ4v) is 2.11. The summed E-state index contributed by atoms with van der Waals surface area (Å²) in [6.45, 7) is 2.11. The maximum Gasteiger partial charge on any atom is 0.338 e. The summed E-state index contributed by atoms with van der Waals surface area (Å²) in [5.74, 6) is -0.756. The summed E-state index contributed by atoms with van der Waals surface area (Å²) in [5, 5.41) is 8.48. The highest BCUT2D eigenvalue weighted by Gasteiger charge is 2.18. The second-order valence-electron chi connectivity index (χ2n) is 5.14. The number of rotatable bonds is 6. The summed E-state index contributed by atoms with van der Waals surface area (Å²) >= 11 is 0. The Balaban J connectivity index is 2.20. The molecular weight excluding hydrogens is 290 g/mol. The van der Waals surface area contributed by atoms with E-state index in [0.717, 1.165) is 5.56 Å². The van der Waals surface area contributed by atoms with Crippen molar-refractivity contribution in [2.24, 2.45) is 0 Å². The summed E-state index contributed by atoms with van der Waals surface area (Å²) in [4.78, 5) is 24.8. The number of carbonyl (C=O) groups is 2. The molecule has 0 N–H and O–H groups in total. The number of hydrogen-bond donors (Lipinski definition) is 0. The summed E-state index contributed by atoms with van der Waals surface area (Å²) in [6.07, 6.45) is 0.813. The average molecular weight is 307 g/mol. The van der Waals surface area contributed by atoms with Crippen LogP contribution >= 0.6 is 0 Å². The number of unbranched alkanes of at least 4 members (excludes halogenated alkanes) is 1. The molecule has 2 aromatic carbocycles. The standard InChI is InChI=1S/C19H17NO3/c1-14-8-10-15(11-9-14)18(21)16-6-2-3-7-17(16)19(22)23-13-5-4-12-20/h2-3,6-11H,4-5,13H2,1H3. The molecule has 0 aromatic heterocycles. The fourth-order valence-electron chi connectivity index (χ4n) is 2.11. The van der Waals surface area contributed by atoms with Gasteiger partial charge < -0.3 is 4.74 Å². The molecule has 0 fully saturated rings. The molecule has 23 heavy (non-hydrogen) atoms. The molecule has 2 aromatic rings. The smallest absolute Gasteiger partial charge is 0.338 e. The van der Waals surface area contributed by atoms with Gasteiger partial charge in [-0.05, 0) is 19.4 Å². The van der Waals surface area contributed by atoms with Crippen LogP contribution in [0.1, 0.15) is 44.7 Å². The molecule has 0 aliphatic carbocycles. The zero-order valence-electron chi connectivity index (χ0n) is 12.9. The number of hydrogen-bond acceptors (Lipinski definition) is 4. The highest BCUT2D eigenvalue weighted by Crippen LogP contribution is 2.16. The molecular formula is C19H17NO3. The summed E-state index contributed by atoms with van der Waals surface area (Å²) in [7, 11) is 0. The molecule has 4 nitrogen and oxygen atoms in total. The molecule has 2 rings (SSSR count). The van der Waals surface area contributed by atoms with E-state index in [-0.39, 0.29) is 18.0 Å². The lowest BCUT2D eigenvalue weighted by Gasteiger charge is -2.09. The Morgan fingerprint density at radius 2 is 1.70 bits per heavy atom. The highest BCUT2D eigenvalue weighted by molar-refractivity contribution is 6.14. The minimum atomic E-state index is -0.543. The van der Waals surface area contributed by atoms with Crippen molar-refractivity contribution in [2.45, 2.75) is 19.8 Å². The fraction of sp³-hybridized carbons (Fsp3) is 0.211. The van der Waals surface area contributed by atoms with Crippen LogP contribution in [0.5, 0.6) is 0 Å². The van der Waals surface area contributed by atoms with Gasteiger partial charge in [0.1, 0.15) is 0 Å². The molecule has 0 saturated heterocycles. The topological polar surface area (TPSA) is 67.2 Å². The second-order valence-corrected chi connectivity index (χ2v) is 5.14. The quantitative estimate of drug-likeness (QED) is 0.464. The van der Waals surface area contributed by atoms with Crippen LogP contribution in [0.2, 0.25) is 0 Å². The monoisotopic (exact) mass is 307 g/mol. The Hall–Kier alpha value is -2.93. The van der Waals surface area contributed by atoms with Crippen molar-refractivity contribution in [2.75, 3.05) is 6.61 Å². The van der Waals surface area contributed by atoms with E-state index in [4.69, 9.17) is 10.00 Å². The van der Waals surface area contributed by atoms with E-state index >= 15 is 0 Å². The van der Waals surface area contributed by atoms with Crippen LogP contribution in [0.15, 0.2) is 48.5 Å². The van der Waals surface area contributed by atoms with Gasteiger partial charge in [0.05, 0.1) is 18.2 Å². The predicted molar refractivity (Wildman–Crippen MR) is 86.2 cm³/mol. The summed E-state index contributed by atoms with van der Waals surface area (Å²) in [5.41, 5.74) is 2.16. The number of nitriles is 1. The van der Waals surface area contributed by atoms with Gasteiger partial charge >= 0.3 is 5.97 Å². The third-order valence-corrected chi connectivity index (χ3v) is 3.37. The molecule has 0 atom stereocenters. The molecule has 0 amide bonds. The zero-order chi connectivity index (χ0) is 16.7. The van der Waals surface area contributed by atoms with Gasteiger partial charge in [-0.3, -0.25) is 4.79 Å². The van der Waals surface area contributed by atoms with Crippen LogP contribution in [0, 0.1) is 18.3 Å². The second kappa shape index (κ2) is 7.90. The summed E-state index contributed by atoms with van der Waals surface area (Å²) < 4.78 is 5.13. The van der Waals surface area contributed by atoms with E-state index in [0.29, 0.717) is 24.0 Å². The van der Waals surface area contributed by atoms with E-state index in [2.05, 4.69) is 0 Å². The number of nitrogens with zero attached hydrogens (tertiary/aromatic N) is 1. The van der Waals surface area contributed by atoms with Crippen molar-refractivity contribution in [3.8, 4) is 6.07 Å². The van der Waals surface area contributed by atoms with Gasteiger partial charge in [-0.1, -0.05) is 48.0 Å². The molecule has 0 unspecified atom stereocenters. The van der Waals surface area contributed by atoms with Crippen molar-refractivity contribution < 1.29 is 14.3 Å². The maximum atomic E-state index is 12.6. The molecule has 0 saturated carbocycles. The Kier molecular flexibility index (Phi) is 5.65. The largest absolute Gasteiger partial charge is 0.462 e. The predicted octanol–water partition coefficient (Wildman–Crippen LogP) is 3.69. The average Bonchev–Trinajstić information content (AvgIpc) is 2.58. The van der Waals surface area contributed by atoms with Crippen LogP contribution in [0.25, 0.3) is 0 Å². The van der Waals surface area contributed by atoms with Crippen LogP contribution < -0.4 is 0 Å². The van der Waals surface area contributed by atoms with Crippen LogP contribution in [-0.2, 0) is 4.74 Å². The maximum absolute atomic E-state index is 12.6. The Bertz CT molecular complexity index is 742. The van der Waals surface area contributed by atoms with Crippen LogP contribution in [0.4, 0.5) is 0 Å². The number of ether oxygens (including phenoxy) is 1. The third kappa shape index (κ3) is 4.27. The number of benzene rings is 2. The first-order valence-corrected chi connectivity index (χ1v) is 7.38. The molecule has 0 aliphatic heterocycles. The van der Waals surface area contributed by atoms with Crippen molar-refractivity contribution in [1.82, 2.24) is 0 Å². The van der Waals surface area contributed by atoms with E-state index in [9.17, 15) is 9.59 Å². The SMILES string of the molecule is Cc1ccc(C(=O)c2ccccc2C(=O)OCCCC#N)cc1. The Labute approximate surface area is 135 Å². The molecule has 0 spiro atoms. The third-order valence-electron chi connectivity index (χ3n) is 3.37. The van der Waals surface area contributed by atoms with Crippen LogP contribution in [-0.4, -0.2) is 18.4 Å². The van der Waals surface area contributed by atoms with Gasteiger partial charge in [0.25, 0.3) is 0 Å². The van der Waals surface area contributed by atoms with Crippen molar-refractivity contribution in [3.63, 3.8) is 0 Å². The number of esters is 1. The van der Waals surface area contributed by atoms with E-state index in [1.165, 1.54) is 0 Å². The molecule has 116 valence electrons. The van der Waals surface area contributed by atoms with Crippen molar-refractivity contribution >= 4 is 11.8 Å². The first kappa shape index (κ1) is 16.4. The van der Waals surface area contributed by atoms with E-state index in [1.807, 2.05) is 25.1 Å². The first-order valence-electron chi connectivity index (χ1n) is 7.38. The molecule has 0 radical (unpaired) electrons. The van der Waals surface area contributed by atoms with Gasteiger partial charge in [0.15, 0.2) is 5.78 Å². The van der Waals surface area contributed by atoms with Gasteiger partial charge in [0.2, 0.25) is 0 Å². The number of carbonyl (C=O) groups excluding carboxylic acids is 2. The molecule has 0 heterocycles. The lowest BCUT2D eigenvalue weighted by molar-refractivity contribution is 0.0499. The molecule has 4 heteroatoms. The Morgan fingerprint density at radius 3 is 2.35 bits per heavy atom. The minimum Gasteiger partial charge on any atom is -0.462 e. The zero-order valence-corrected chi connectivity index (χ0v) is 12.9. The Morgan fingerprint density at radius 1 is 1.04 bits per heavy atom. The lowest BCUT2D eigenvalue weighted by Crippen LogP contribution is -2.13. The summed E-state index contributed by atoms with van der Waals surface area (Å²) in [6, 6.07) is 15.8.